The highest BCUT2D eigenvalue weighted by Gasteiger charge is 2.30. The van der Waals surface area contributed by atoms with Crippen LogP contribution in [-0.4, -0.2) is 36.1 Å². The fourth-order valence-corrected chi connectivity index (χ4v) is 4.10. The van der Waals surface area contributed by atoms with E-state index in [9.17, 15) is 14.0 Å². The fourth-order valence-electron chi connectivity index (χ4n) is 3.11. The lowest BCUT2D eigenvalue weighted by Crippen LogP contribution is -2.23. The minimum atomic E-state index is -0.418. The molecule has 0 radical (unpaired) electrons. The van der Waals surface area contributed by atoms with Crippen molar-refractivity contribution in [1.29, 1.82) is 0 Å². The van der Waals surface area contributed by atoms with Gasteiger partial charge in [0.2, 0.25) is 0 Å². The van der Waals surface area contributed by atoms with Gasteiger partial charge in [0.15, 0.2) is 5.17 Å². The highest BCUT2D eigenvalue weighted by molar-refractivity contribution is 8.18. The van der Waals surface area contributed by atoms with Gasteiger partial charge in [-0.15, -0.1) is 0 Å². The van der Waals surface area contributed by atoms with E-state index in [4.69, 9.17) is 9.47 Å². The van der Waals surface area contributed by atoms with Crippen molar-refractivity contribution >= 4 is 40.6 Å². The van der Waals surface area contributed by atoms with Crippen molar-refractivity contribution < 1.29 is 23.5 Å². The van der Waals surface area contributed by atoms with Crippen LogP contribution in [0.1, 0.15) is 21.5 Å². The standard InChI is InChI=1S/C26H21FN2O4S/c1-29-24(30)23(34-26(29)28-21-11-7-19(8-12-21)25(31)32-2)15-17-5-13-22(14-6-17)33-16-18-3-9-20(27)10-4-18/h3-15H,16H2,1-2H3. The normalized spacial score (nSPS) is 15.7. The Hall–Kier alpha value is -3.91. The number of aliphatic imine (C=N–C) groups is 1. The Kier molecular flexibility index (Phi) is 7.08. The molecular weight excluding hydrogens is 455 g/mol. The SMILES string of the molecule is COC(=O)c1ccc(N=C2SC(=Cc3ccc(OCc4ccc(F)cc4)cc3)C(=O)N2C)cc1. The maximum Gasteiger partial charge on any atom is 0.337 e. The van der Waals surface area contributed by atoms with E-state index in [1.807, 2.05) is 24.3 Å². The summed E-state index contributed by atoms with van der Waals surface area (Å²) in [6, 6.07) is 20.2. The second kappa shape index (κ2) is 10.4. The summed E-state index contributed by atoms with van der Waals surface area (Å²) in [4.78, 5) is 30.8. The Bertz CT molecular complexity index is 1250. The lowest BCUT2D eigenvalue weighted by molar-refractivity contribution is -0.121. The van der Waals surface area contributed by atoms with Crippen LogP contribution >= 0.6 is 11.8 Å². The smallest absolute Gasteiger partial charge is 0.337 e. The van der Waals surface area contributed by atoms with Crippen LogP contribution in [-0.2, 0) is 16.1 Å². The van der Waals surface area contributed by atoms with Crippen molar-refractivity contribution in [3.8, 4) is 5.75 Å². The lowest BCUT2D eigenvalue weighted by Gasteiger charge is -2.07. The molecule has 0 unspecified atom stereocenters. The van der Waals surface area contributed by atoms with Gasteiger partial charge in [-0.1, -0.05) is 24.3 Å². The molecule has 172 valence electrons. The molecule has 1 saturated heterocycles. The molecule has 3 aromatic rings. The largest absolute Gasteiger partial charge is 0.489 e. The molecule has 0 aliphatic carbocycles. The third kappa shape index (κ3) is 5.52. The van der Waals surface area contributed by atoms with Crippen molar-refractivity contribution in [2.45, 2.75) is 6.61 Å². The summed E-state index contributed by atoms with van der Waals surface area (Å²) < 4.78 is 23.4. The number of halogens is 1. The van der Waals surface area contributed by atoms with Gasteiger partial charge < -0.3 is 9.47 Å². The summed E-state index contributed by atoms with van der Waals surface area (Å²) in [5, 5.41) is 0.543. The quantitative estimate of drug-likeness (QED) is 0.351. The van der Waals surface area contributed by atoms with Gasteiger partial charge in [-0.3, -0.25) is 9.69 Å². The molecule has 6 nitrogen and oxygen atoms in total. The lowest BCUT2D eigenvalue weighted by atomic mass is 10.2. The molecule has 0 bridgehead atoms. The summed E-state index contributed by atoms with van der Waals surface area (Å²) >= 11 is 1.28. The van der Waals surface area contributed by atoms with Gasteiger partial charge in [0.1, 0.15) is 18.2 Å². The van der Waals surface area contributed by atoms with Crippen molar-refractivity contribution in [3.05, 3.63) is 100 Å². The molecule has 0 spiro atoms. The van der Waals surface area contributed by atoms with Crippen LogP contribution < -0.4 is 4.74 Å². The fraction of sp³-hybridized carbons (Fsp3) is 0.115. The monoisotopic (exact) mass is 476 g/mol. The number of rotatable bonds is 6. The van der Waals surface area contributed by atoms with E-state index in [-0.39, 0.29) is 11.7 Å². The first-order chi connectivity index (χ1) is 16.4. The van der Waals surface area contributed by atoms with Crippen molar-refractivity contribution in [1.82, 2.24) is 4.90 Å². The van der Waals surface area contributed by atoms with E-state index in [0.29, 0.717) is 33.7 Å². The van der Waals surface area contributed by atoms with Gasteiger partial charge in [-0.2, -0.15) is 0 Å². The van der Waals surface area contributed by atoms with E-state index in [0.717, 1.165) is 11.1 Å². The van der Waals surface area contributed by atoms with Gasteiger partial charge in [-0.05, 0) is 77.5 Å². The van der Waals surface area contributed by atoms with Gasteiger partial charge in [0, 0.05) is 7.05 Å². The van der Waals surface area contributed by atoms with E-state index >= 15 is 0 Å². The molecule has 3 aromatic carbocycles. The molecular formula is C26H21FN2O4S. The predicted molar refractivity (Wildman–Crippen MR) is 130 cm³/mol. The van der Waals surface area contributed by atoms with Crippen LogP contribution in [0.3, 0.4) is 0 Å². The molecule has 0 saturated carbocycles. The molecule has 1 fully saturated rings. The van der Waals surface area contributed by atoms with Crippen molar-refractivity contribution in [2.75, 3.05) is 14.2 Å². The van der Waals surface area contributed by atoms with Gasteiger partial charge >= 0.3 is 5.97 Å². The Morgan fingerprint density at radius 3 is 2.35 bits per heavy atom. The number of hydrogen-bond acceptors (Lipinski definition) is 6. The molecule has 0 N–H and O–H groups in total. The maximum absolute atomic E-state index is 13.0. The van der Waals surface area contributed by atoms with Crippen LogP contribution in [0.4, 0.5) is 10.1 Å². The number of likely N-dealkylation sites (N-methyl/N-ethyl adjacent to an activating group) is 1. The third-order valence-electron chi connectivity index (χ3n) is 5.01. The van der Waals surface area contributed by atoms with Gasteiger partial charge in [0.05, 0.1) is 23.3 Å². The number of esters is 1. The Balaban J connectivity index is 1.42. The Morgan fingerprint density at radius 2 is 1.71 bits per heavy atom. The molecule has 1 heterocycles. The number of methoxy groups -OCH3 is 1. The number of benzene rings is 3. The summed E-state index contributed by atoms with van der Waals surface area (Å²) in [7, 11) is 3.00. The van der Waals surface area contributed by atoms with E-state index < -0.39 is 5.97 Å². The van der Waals surface area contributed by atoms with Crippen molar-refractivity contribution in [3.63, 3.8) is 0 Å². The number of hydrogen-bond donors (Lipinski definition) is 0. The first-order valence-electron chi connectivity index (χ1n) is 10.3. The zero-order valence-corrected chi connectivity index (χ0v) is 19.3. The molecule has 0 atom stereocenters. The van der Waals surface area contributed by atoms with Gasteiger partial charge in [-0.25, -0.2) is 14.2 Å². The topological polar surface area (TPSA) is 68.2 Å². The van der Waals surface area contributed by atoms with Gasteiger partial charge in [0.25, 0.3) is 5.91 Å². The molecule has 0 aromatic heterocycles. The zero-order chi connectivity index (χ0) is 24.1. The summed E-state index contributed by atoms with van der Waals surface area (Å²) in [5.41, 5.74) is 2.77. The first kappa shape index (κ1) is 23.3. The van der Waals surface area contributed by atoms with Crippen LogP contribution in [0.2, 0.25) is 0 Å². The zero-order valence-electron chi connectivity index (χ0n) is 18.5. The molecule has 1 amide bonds. The Labute approximate surface area is 200 Å². The first-order valence-corrected chi connectivity index (χ1v) is 11.2. The summed E-state index contributed by atoms with van der Waals surface area (Å²) in [6.07, 6.45) is 1.80. The van der Waals surface area contributed by atoms with Crippen LogP contribution in [0.5, 0.6) is 5.75 Å². The van der Waals surface area contributed by atoms with E-state index in [1.165, 1.54) is 35.9 Å². The number of amidine groups is 1. The molecule has 1 aliphatic heterocycles. The number of nitrogens with zero attached hydrogens (tertiary/aromatic N) is 2. The number of thioether (sulfide) groups is 1. The molecule has 4 rings (SSSR count). The number of ether oxygens (including phenoxy) is 2. The molecule has 1 aliphatic rings. The van der Waals surface area contributed by atoms with Crippen molar-refractivity contribution in [2.24, 2.45) is 4.99 Å². The number of carbonyl (C=O) groups is 2. The second-order valence-corrected chi connectivity index (χ2v) is 8.40. The summed E-state index contributed by atoms with van der Waals surface area (Å²) in [6.45, 7) is 0.334. The second-order valence-electron chi connectivity index (χ2n) is 7.39. The highest BCUT2D eigenvalue weighted by Crippen LogP contribution is 2.33. The molecule has 8 heteroatoms. The minimum Gasteiger partial charge on any atom is -0.489 e. The van der Waals surface area contributed by atoms with Crippen LogP contribution in [0, 0.1) is 5.82 Å². The Morgan fingerprint density at radius 1 is 1.03 bits per heavy atom. The molecule has 34 heavy (non-hydrogen) atoms. The average molecular weight is 477 g/mol. The number of carbonyl (C=O) groups excluding carboxylic acids is 2. The van der Waals surface area contributed by atoms with Crippen LogP contribution in [0.25, 0.3) is 6.08 Å². The summed E-state index contributed by atoms with van der Waals surface area (Å²) in [5.74, 6) is -0.173. The average Bonchev–Trinajstić information content (AvgIpc) is 3.12. The third-order valence-corrected chi connectivity index (χ3v) is 6.07. The van der Waals surface area contributed by atoms with Crippen LogP contribution in [0.15, 0.2) is 82.7 Å². The van der Waals surface area contributed by atoms with E-state index in [1.54, 1.807) is 49.5 Å². The predicted octanol–water partition coefficient (Wildman–Crippen LogP) is 5.43. The minimum absolute atomic E-state index is 0.147. The maximum atomic E-state index is 13.0. The highest BCUT2D eigenvalue weighted by atomic mass is 32.2. The van der Waals surface area contributed by atoms with E-state index in [2.05, 4.69) is 4.99 Å². The number of amides is 1.